The van der Waals surface area contributed by atoms with Gasteiger partial charge in [-0.2, -0.15) is 0 Å². The van der Waals surface area contributed by atoms with Crippen LogP contribution < -0.4 is 5.73 Å². The van der Waals surface area contributed by atoms with Crippen molar-refractivity contribution in [2.45, 2.75) is 32.8 Å². The Morgan fingerprint density at radius 2 is 2.14 bits per heavy atom. The fraction of sp³-hybridized carbons (Fsp3) is 0.500. The van der Waals surface area contributed by atoms with Gasteiger partial charge in [-0.25, -0.2) is 4.79 Å². The van der Waals surface area contributed by atoms with Crippen LogP contribution in [0.5, 0.6) is 0 Å². The third kappa shape index (κ3) is 4.07. The highest BCUT2D eigenvalue weighted by Gasteiger charge is 2.24. The maximum Gasteiger partial charge on any atom is 0.410 e. The second-order valence-electron chi connectivity index (χ2n) is 5.88. The summed E-state index contributed by atoms with van der Waals surface area (Å²) in [4.78, 5) is 13.6. The SMILES string of the molecule is CC(C)(C)OC(=O)N1CC=C(c2nnc(Cl)cc2N)CC1. The van der Waals surface area contributed by atoms with Crippen LogP contribution in [0.4, 0.5) is 10.5 Å². The molecule has 2 heterocycles. The minimum atomic E-state index is -0.493. The molecule has 7 heteroatoms. The van der Waals surface area contributed by atoms with Gasteiger partial charge in [0.1, 0.15) is 11.3 Å². The maximum absolute atomic E-state index is 12.0. The first-order valence-electron chi connectivity index (χ1n) is 6.72. The second-order valence-corrected chi connectivity index (χ2v) is 6.26. The zero-order valence-electron chi connectivity index (χ0n) is 12.4. The number of hydrogen-bond acceptors (Lipinski definition) is 5. The lowest BCUT2D eigenvalue weighted by molar-refractivity contribution is 0.0270. The molecular weight excluding hydrogens is 292 g/mol. The molecule has 2 rings (SSSR count). The first-order valence-corrected chi connectivity index (χ1v) is 7.10. The van der Waals surface area contributed by atoms with Crippen molar-refractivity contribution in [1.82, 2.24) is 15.1 Å². The van der Waals surface area contributed by atoms with E-state index in [9.17, 15) is 4.79 Å². The summed E-state index contributed by atoms with van der Waals surface area (Å²) in [6, 6.07) is 1.57. The third-order valence-electron chi connectivity index (χ3n) is 2.96. The van der Waals surface area contributed by atoms with Crippen molar-refractivity contribution < 1.29 is 9.53 Å². The van der Waals surface area contributed by atoms with Crippen molar-refractivity contribution >= 4 is 29.0 Å². The summed E-state index contributed by atoms with van der Waals surface area (Å²) in [6.07, 6.45) is 2.26. The molecule has 0 fully saturated rings. The van der Waals surface area contributed by atoms with Gasteiger partial charge in [-0.05, 0) is 32.8 Å². The van der Waals surface area contributed by atoms with E-state index >= 15 is 0 Å². The fourth-order valence-electron chi connectivity index (χ4n) is 2.01. The quantitative estimate of drug-likeness (QED) is 0.862. The molecule has 0 saturated heterocycles. The molecule has 1 aliphatic heterocycles. The van der Waals surface area contributed by atoms with E-state index in [2.05, 4.69) is 10.2 Å². The van der Waals surface area contributed by atoms with Crippen LogP contribution >= 0.6 is 11.6 Å². The maximum atomic E-state index is 12.0. The molecule has 21 heavy (non-hydrogen) atoms. The third-order valence-corrected chi connectivity index (χ3v) is 3.14. The van der Waals surface area contributed by atoms with E-state index in [1.54, 1.807) is 11.0 Å². The van der Waals surface area contributed by atoms with Crippen molar-refractivity contribution in [1.29, 1.82) is 0 Å². The van der Waals surface area contributed by atoms with Gasteiger partial charge in [0.15, 0.2) is 5.15 Å². The number of rotatable bonds is 1. The number of nitrogens with two attached hydrogens (primary N) is 1. The number of hydrogen-bond donors (Lipinski definition) is 1. The molecule has 1 aliphatic rings. The molecule has 0 aliphatic carbocycles. The normalized spacial score (nSPS) is 15.6. The zero-order valence-corrected chi connectivity index (χ0v) is 13.1. The molecule has 0 aromatic carbocycles. The number of carbonyl (C=O) groups is 1. The molecule has 1 aromatic rings. The van der Waals surface area contributed by atoms with Crippen LogP contribution in [-0.2, 0) is 4.74 Å². The number of ether oxygens (including phenoxy) is 1. The standard InChI is InChI=1S/C14H19ClN4O2/c1-14(2,3)21-13(20)19-6-4-9(5-7-19)12-10(16)8-11(15)17-18-12/h4,8H,5-7H2,1-3H3,(H2,16,17). The van der Waals surface area contributed by atoms with Crippen LogP contribution in [0.2, 0.25) is 5.15 Å². The Labute approximate surface area is 128 Å². The van der Waals surface area contributed by atoms with Crippen molar-refractivity contribution in [2.24, 2.45) is 0 Å². The van der Waals surface area contributed by atoms with Crippen LogP contribution in [0.3, 0.4) is 0 Å². The van der Waals surface area contributed by atoms with Crippen molar-refractivity contribution in [3.05, 3.63) is 23.0 Å². The second kappa shape index (κ2) is 5.89. The van der Waals surface area contributed by atoms with Crippen LogP contribution in [0.1, 0.15) is 32.9 Å². The molecule has 0 saturated carbocycles. The summed E-state index contributed by atoms with van der Waals surface area (Å²) in [5, 5.41) is 8.09. The van der Waals surface area contributed by atoms with Gasteiger partial charge in [-0.15, -0.1) is 10.2 Å². The van der Waals surface area contributed by atoms with Gasteiger partial charge >= 0.3 is 6.09 Å². The van der Waals surface area contributed by atoms with Gasteiger partial charge in [0.25, 0.3) is 0 Å². The summed E-state index contributed by atoms with van der Waals surface area (Å²) >= 11 is 5.74. The van der Waals surface area contributed by atoms with E-state index in [0.29, 0.717) is 30.9 Å². The molecule has 0 spiro atoms. The minimum absolute atomic E-state index is 0.267. The Kier molecular flexibility index (Phi) is 4.37. The molecule has 0 radical (unpaired) electrons. The first-order chi connectivity index (χ1) is 9.76. The van der Waals surface area contributed by atoms with Crippen LogP contribution in [-0.4, -0.2) is 39.9 Å². The van der Waals surface area contributed by atoms with Crippen LogP contribution in [0.25, 0.3) is 5.57 Å². The number of anilines is 1. The molecule has 114 valence electrons. The predicted octanol–water partition coefficient (Wildman–Crippen LogP) is 2.74. The Morgan fingerprint density at radius 1 is 1.43 bits per heavy atom. The van der Waals surface area contributed by atoms with E-state index in [1.165, 1.54) is 0 Å². The summed E-state index contributed by atoms with van der Waals surface area (Å²) in [7, 11) is 0. The Morgan fingerprint density at radius 3 is 2.67 bits per heavy atom. The van der Waals surface area contributed by atoms with Gasteiger partial charge < -0.3 is 15.4 Å². The summed E-state index contributed by atoms with van der Waals surface area (Å²) in [5.74, 6) is 0. The number of carbonyl (C=O) groups excluding carboxylic acids is 1. The lowest BCUT2D eigenvalue weighted by Gasteiger charge is -2.29. The number of nitrogen functional groups attached to an aromatic ring is 1. The van der Waals surface area contributed by atoms with Gasteiger partial charge in [0.2, 0.25) is 0 Å². The molecule has 6 nitrogen and oxygen atoms in total. The van der Waals surface area contributed by atoms with Crippen LogP contribution in [0.15, 0.2) is 12.1 Å². The highest BCUT2D eigenvalue weighted by Crippen LogP contribution is 2.26. The van der Waals surface area contributed by atoms with E-state index in [-0.39, 0.29) is 11.2 Å². The molecule has 0 bridgehead atoms. The lowest BCUT2D eigenvalue weighted by Crippen LogP contribution is -2.39. The van der Waals surface area contributed by atoms with Gasteiger partial charge in [0.05, 0.1) is 5.69 Å². The van der Waals surface area contributed by atoms with Crippen molar-refractivity contribution in [3.8, 4) is 0 Å². The van der Waals surface area contributed by atoms with E-state index in [1.807, 2.05) is 26.8 Å². The lowest BCUT2D eigenvalue weighted by atomic mass is 10.0. The van der Waals surface area contributed by atoms with E-state index in [0.717, 1.165) is 5.57 Å². The smallest absolute Gasteiger partial charge is 0.410 e. The monoisotopic (exact) mass is 310 g/mol. The number of amides is 1. The van der Waals surface area contributed by atoms with Gasteiger partial charge in [0, 0.05) is 19.2 Å². The topological polar surface area (TPSA) is 81.3 Å². The number of halogens is 1. The molecule has 1 amide bonds. The fourth-order valence-corrected chi connectivity index (χ4v) is 2.16. The zero-order chi connectivity index (χ0) is 15.6. The molecule has 2 N–H and O–H groups in total. The summed E-state index contributed by atoms with van der Waals surface area (Å²) < 4.78 is 5.35. The Hall–Kier alpha value is -1.82. The van der Waals surface area contributed by atoms with Gasteiger partial charge in [-0.3, -0.25) is 0 Å². The highest BCUT2D eigenvalue weighted by atomic mass is 35.5. The predicted molar refractivity (Wildman–Crippen MR) is 81.9 cm³/mol. The minimum Gasteiger partial charge on any atom is -0.444 e. The molecule has 0 atom stereocenters. The van der Waals surface area contributed by atoms with E-state index in [4.69, 9.17) is 22.1 Å². The largest absolute Gasteiger partial charge is 0.444 e. The Bertz CT molecular complexity index is 581. The number of nitrogens with zero attached hydrogens (tertiary/aromatic N) is 3. The van der Waals surface area contributed by atoms with Crippen LogP contribution in [0, 0.1) is 0 Å². The van der Waals surface area contributed by atoms with Crippen molar-refractivity contribution in [3.63, 3.8) is 0 Å². The molecular formula is C14H19ClN4O2. The first kappa shape index (κ1) is 15.6. The van der Waals surface area contributed by atoms with Gasteiger partial charge in [-0.1, -0.05) is 17.7 Å². The van der Waals surface area contributed by atoms with Crippen molar-refractivity contribution in [2.75, 3.05) is 18.8 Å². The van der Waals surface area contributed by atoms with E-state index < -0.39 is 5.60 Å². The summed E-state index contributed by atoms with van der Waals surface area (Å²) in [5.41, 5.74) is 7.49. The number of aromatic nitrogens is 2. The molecule has 0 unspecified atom stereocenters. The Balaban J connectivity index is 2.07. The average Bonchev–Trinajstić information content (AvgIpc) is 2.37. The molecule has 1 aromatic heterocycles. The highest BCUT2D eigenvalue weighted by molar-refractivity contribution is 6.29. The average molecular weight is 311 g/mol. The summed E-state index contributed by atoms with van der Waals surface area (Å²) in [6.45, 7) is 6.57.